The second-order valence-corrected chi connectivity index (χ2v) is 11.9. The van der Waals surface area contributed by atoms with Gasteiger partial charge in [-0.2, -0.15) is 0 Å². The number of carbonyl (C=O) groups excluding carboxylic acids is 1. The molecule has 3 aliphatic rings. The largest absolute Gasteiger partial charge is 0.427 e. The first-order valence-electron chi connectivity index (χ1n) is 14.1. The Morgan fingerprint density at radius 2 is 1.95 bits per heavy atom. The Bertz CT molecular complexity index is 1370. The molecule has 10 nitrogen and oxygen atoms in total. The lowest BCUT2D eigenvalue weighted by Gasteiger charge is -2.41. The maximum Gasteiger partial charge on any atom is 0.427 e. The van der Waals surface area contributed by atoms with Crippen LogP contribution in [-0.4, -0.2) is 37.7 Å². The molecule has 3 aromatic rings. The molecule has 0 aromatic carbocycles. The Morgan fingerprint density at radius 1 is 1.13 bits per heavy atom. The van der Waals surface area contributed by atoms with E-state index in [1.54, 1.807) is 12.4 Å². The maximum absolute atomic E-state index is 11.8. The van der Waals surface area contributed by atoms with Gasteiger partial charge in [-0.3, -0.25) is 10.3 Å². The quantitative estimate of drug-likeness (QED) is 0.401. The topological polar surface area (TPSA) is 116 Å². The van der Waals surface area contributed by atoms with E-state index in [0.717, 1.165) is 48.6 Å². The smallest absolute Gasteiger partial charge is 0.370 e. The minimum absolute atomic E-state index is 0.297. The zero-order chi connectivity index (χ0) is 27.1. The number of methoxy groups -OCH3 is 1. The SMILES string of the molecule is COC1(c2nc3nc(C4NOC(=O)N4)nc(-c4cncc(Cl)c4)c3n2CC2CCC(C)CC2)CCCCC1C. The third-order valence-electron chi connectivity index (χ3n) is 8.94. The van der Waals surface area contributed by atoms with Crippen molar-refractivity contribution in [2.45, 2.75) is 83.5 Å². The number of amides is 1. The average molecular weight is 554 g/mol. The minimum Gasteiger partial charge on any atom is -0.370 e. The number of nitrogens with one attached hydrogen (secondary N) is 2. The second kappa shape index (κ2) is 10.6. The van der Waals surface area contributed by atoms with Crippen LogP contribution < -0.4 is 10.8 Å². The van der Waals surface area contributed by atoms with Gasteiger partial charge in [-0.05, 0) is 49.5 Å². The number of carbonyl (C=O) groups is 1. The summed E-state index contributed by atoms with van der Waals surface area (Å²) in [6, 6.07) is 1.85. The van der Waals surface area contributed by atoms with Gasteiger partial charge in [0.15, 0.2) is 17.6 Å². The predicted molar refractivity (Wildman–Crippen MR) is 146 cm³/mol. The number of nitrogens with zero attached hydrogens (tertiary/aromatic N) is 5. The lowest BCUT2D eigenvalue weighted by molar-refractivity contribution is -0.0923. The number of pyridine rings is 1. The molecule has 0 spiro atoms. The zero-order valence-electron chi connectivity index (χ0n) is 22.7. The van der Waals surface area contributed by atoms with Crippen LogP contribution in [0.25, 0.3) is 22.4 Å². The molecule has 3 aromatic heterocycles. The van der Waals surface area contributed by atoms with Crippen molar-refractivity contribution in [2.24, 2.45) is 17.8 Å². The molecule has 0 radical (unpaired) electrons. The van der Waals surface area contributed by atoms with Gasteiger partial charge < -0.3 is 14.1 Å². The van der Waals surface area contributed by atoms with Crippen LogP contribution in [0, 0.1) is 17.8 Å². The van der Waals surface area contributed by atoms with Gasteiger partial charge in [-0.25, -0.2) is 19.7 Å². The van der Waals surface area contributed by atoms with E-state index >= 15 is 0 Å². The fourth-order valence-electron chi connectivity index (χ4n) is 6.65. The first-order chi connectivity index (χ1) is 18.9. The lowest BCUT2D eigenvalue weighted by atomic mass is 9.75. The standard InChI is InChI=1S/C28H36ClN7O3/c1-16-7-9-18(10-8-16)15-36-22-21(19-12-20(29)14-30-13-19)31-24(25-34-27(37)39-35-25)32-23(22)33-26(36)28(38-3)11-5-4-6-17(28)2/h12-14,16-18,25,35H,4-11,15H2,1-3H3,(H,34,37). The van der Waals surface area contributed by atoms with E-state index in [0.29, 0.717) is 34.0 Å². The summed E-state index contributed by atoms with van der Waals surface area (Å²) in [7, 11) is 1.81. The van der Waals surface area contributed by atoms with Crippen molar-refractivity contribution in [1.29, 1.82) is 0 Å². The molecule has 1 saturated heterocycles. The summed E-state index contributed by atoms with van der Waals surface area (Å²) < 4.78 is 8.74. The van der Waals surface area contributed by atoms with Gasteiger partial charge in [0.05, 0.1) is 5.02 Å². The summed E-state index contributed by atoms with van der Waals surface area (Å²) >= 11 is 6.39. The van der Waals surface area contributed by atoms with E-state index in [1.807, 2.05) is 13.2 Å². The van der Waals surface area contributed by atoms with Gasteiger partial charge in [0.1, 0.15) is 22.6 Å². The van der Waals surface area contributed by atoms with Gasteiger partial charge in [0, 0.05) is 31.6 Å². The average Bonchev–Trinajstić information content (AvgIpc) is 3.54. The van der Waals surface area contributed by atoms with Crippen LogP contribution in [0.5, 0.6) is 0 Å². The predicted octanol–water partition coefficient (Wildman–Crippen LogP) is 5.66. The number of halogens is 1. The number of hydrogen-bond acceptors (Lipinski definition) is 8. The molecule has 6 rings (SSSR count). The van der Waals surface area contributed by atoms with Gasteiger partial charge in [-0.15, -0.1) is 5.48 Å². The van der Waals surface area contributed by atoms with Crippen LogP contribution in [-0.2, 0) is 21.7 Å². The van der Waals surface area contributed by atoms with Crippen molar-refractivity contribution in [2.75, 3.05) is 7.11 Å². The Labute approximate surface area is 233 Å². The highest BCUT2D eigenvalue weighted by Crippen LogP contribution is 2.46. The Hall–Kier alpha value is -2.82. The number of imidazole rings is 1. The molecule has 2 aliphatic carbocycles. The molecule has 11 heteroatoms. The van der Waals surface area contributed by atoms with E-state index in [-0.39, 0.29) is 0 Å². The Morgan fingerprint density at radius 3 is 2.64 bits per heavy atom. The second-order valence-electron chi connectivity index (χ2n) is 11.5. The summed E-state index contributed by atoms with van der Waals surface area (Å²) in [4.78, 5) is 36.1. The fraction of sp³-hybridized carbons (Fsp3) is 0.607. The molecule has 4 heterocycles. The summed E-state index contributed by atoms with van der Waals surface area (Å²) in [5.41, 5.74) is 4.99. The molecule has 208 valence electrons. The number of hydrogen-bond donors (Lipinski definition) is 2. The van der Waals surface area contributed by atoms with Crippen molar-refractivity contribution in [3.05, 3.63) is 35.1 Å². The highest BCUT2D eigenvalue weighted by Gasteiger charge is 2.45. The molecule has 3 fully saturated rings. The molecule has 3 unspecified atom stereocenters. The maximum atomic E-state index is 11.8. The summed E-state index contributed by atoms with van der Waals surface area (Å²) in [6.45, 7) is 5.43. The van der Waals surface area contributed by atoms with Gasteiger partial charge >= 0.3 is 6.09 Å². The molecule has 2 N–H and O–H groups in total. The van der Waals surface area contributed by atoms with Crippen LogP contribution in [0.4, 0.5) is 4.79 Å². The number of rotatable bonds is 6. The molecule has 0 bridgehead atoms. The summed E-state index contributed by atoms with van der Waals surface area (Å²) in [6.07, 6.45) is 11.1. The molecule has 1 amide bonds. The van der Waals surface area contributed by atoms with Crippen LogP contribution in [0.1, 0.15) is 83.0 Å². The highest BCUT2D eigenvalue weighted by molar-refractivity contribution is 6.30. The van der Waals surface area contributed by atoms with Crippen LogP contribution >= 0.6 is 11.6 Å². The van der Waals surface area contributed by atoms with Crippen molar-refractivity contribution in [3.8, 4) is 11.3 Å². The molecule has 39 heavy (non-hydrogen) atoms. The van der Waals surface area contributed by atoms with E-state index in [4.69, 9.17) is 36.1 Å². The van der Waals surface area contributed by atoms with Gasteiger partial charge in [-0.1, -0.05) is 51.1 Å². The Balaban J connectivity index is 1.59. The van der Waals surface area contributed by atoms with Crippen molar-refractivity contribution < 1.29 is 14.4 Å². The zero-order valence-corrected chi connectivity index (χ0v) is 23.5. The van der Waals surface area contributed by atoms with Crippen LogP contribution in [0.15, 0.2) is 18.5 Å². The summed E-state index contributed by atoms with van der Waals surface area (Å²) in [5.74, 6) is 2.85. The van der Waals surface area contributed by atoms with Crippen molar-refractivity contribution in [1.82, 2.24) is 35.3 Å². The lowest BCUT2D eigenvalue weighted by Crippen LogP contribution is -2.41. The third-order valence-corrected chi connectivity index (χ3v) is 9.15. The minimum atomic E-state index is -0.703. The number of aromatic nitrogens is 5. The monoisotopic (exact) mass is 553 g/mol. The van der Waals surface area contributed by atoms with E-state index in [2.05, 4.69) is 34.2 Å². The third kappa shape index (κ3) is 4.87. The number of hydroxylamine groups is 1. The summed E-state index contributed by atoms with van der Waals surface area (Å²) in [5, 5.41) is 3.22. The first kappa shape index (κ1) is 26.4. The van der Waals surface area contributed by atoms with Gasteiger partial charge in [0.2, 0.25) is 0 Å². The molecule has 2 saturated carbocycles. The molecular formula is C28H36ClN7O3. The molecule has 1 aliphatic heterocycles. The first-order valence-corrected chi connectivity index (χ1v) is 14.4. The van der Waals surface area contributed by atoms with Gasteiger partial charge in [0.25, 0.3) is 0 Å². The fourth-order valence-corrected chi connectivity index (χ4v) is 6.82. The number of fused-ring (bicyclic) bond motifs is 1. The molecule has 3 atom stereocenters. The Kier molecular flexibility index (Phi) is 7.20. The van der Waals surface area contributed by atoms with Crippen molar-refractivity contribution >= 4 is 28.9 Å². The highest BCUT2D eigenvalue weighted by atomic mass is 35.5. The van der Waals surface area contributed by atoms with Crippen LogP contribution in [0.2, 0.25) is 5.02 Å². The van der Waals surface area contributed by atoms with Crippen molar-refractivity contribution in [3.63, 3.8) is 0 Å². The van der Waals surface area contributed by atoms with E-state index in [9.17, 15) is 4.79 Å². The normalized spacial score (nSPS) is 29.4. The van der Waals surface area contributed by atoms with E-state index in [1.165, 1.54) is 32.1 Å². The number of ether oxygens (including phenoxy) is 1. The van der Waals surface area contributed by atoms with E-state index < -0.39 is 17.9 Å². The molecular weight excluding hydrogens is 518 g/mol. The van der Waals surface area contributed by atoms with Crippen LogP contribution in [0.3, 0.4) is 0 Å².